The molecule has 3 rings (SSSR count). The molecule has 1 heterocycles. The van der Waals surface area contributed by atoms with Crippen LogP contribution in [0, 0.1) is 11.8 Å². The number of benzene rings is 1. The van der Waals surface area contributed by atoms with Crippen LogP contribution in [0.2, 0.25) is 0 Å². The van der Waals surface area contributed by atoms with Gasteiger partial charge < -0.3 is 4.74 Å². The average Bonchev–Trinajstić information content (AvgIpc) is 2.68. The molecule has 0 aliphatic heterocycles. The van der Waals surface area contributed by atoms with Crippen molar-refractivity contribution in [3.8, 4) is 17.0 Å². The Kier molecular flexibility index (Phi) is 7.11. The standard InChI is InChI=1S/C24H33NO/c1-3-6-19-7-5-8-20(17-19)9-10-21-11-16-24(25-18-21)22-12-14-23(15-13-22)26-4-2/h11-16,18-20H,3-10,17H2,1-2H3. The Morgan fingerprint density at radius 3 is 2.38 bits per heavy atom. The molecule has 0 bridgehead atoms. The van der Waals surface area contributed by atoms with Gasteiger partial charge in [0.15, 0.2) is 0 Å². The maximum Gasteiger partial charge on any atom is 0.119 e. The van der Waals surface area contributed by atoms with Crippen LogP contribution in [0.25, 0.3) is 11.3 Å². The minimum absolute atomic E-state index is 0.701. The summed E-state index contributed by atoms with van der Waals surface area (Å²) in [4.78, 5) is 4.69. The Balaban J connectivity index is 1.52. The predicted molar refractivity (Wildman–Crippen MR) is 110 cm³/mol. The lowest BCUT2D eigenvalue weighted by Crippen LogP contribution is -2.16. The second kappa shape index (κ2) is 9.75. The van der Waals surface area contributed by atoms with Crippen molar-refractivity contribution in [2.45, 2.75) is 65.2 Å². The van der Waals surface area contributed by atoms with E-state index in [1.54, 1.807) is 0 Å². The Labute approximate surface area is 159 Å². The first kappa shape index (κ1) is 18.9. The van der Waals surface area contributed by atoms with Crippen molar-refractivity contribution in [3.05, 3.63) is 48.2 Å². The van der Waals surface area contributed by atoms with Crippen molar-refractivity contribution in [2.24, 2.45) is 11.8 Å². The lowest BCUT2D eigenvalue weighted by molar-refractivity contribution is 0.243. The van der Waals surface area contributed by atoms with Gasteiger partial charge in [0.1, 0.15) is 5.75 Å². The van der Waals surface area contributed by atoms with E-state index < -0.39 is 0 Å². The first-order valence-corrected chi connectivity index (χ1v) is 10.5. The molecule has 0 radical (unpaired) electrons. The molecule has 0 saturated heterocycles. The van der Waals surface area contributed by atoms with Gasteiger partial charge in [-0.15, -0.1) is 0 Å². The summed E-state index contributed by atoms with van der Waals surface area (Å²) in [5.74, 6) is 2.83. The quantitative estimate of drug-likeness (QED) is 0.529. The fourth-order valence-electron chi connectivity index (χ4n) is 4.34. The Morgan fingerprint density at radius 1 is 0.962 bits per heavy atom. The Morgan fingerprint density at radius 2 is 1.73 bits per heavy atom. The summed E-state index contributed by atoms with van der Waals surface area (Å²) in [5, 5.41) is 0. The second-order valence-corrected chi connectivity index (χ2v) is 7.74. The smallest absolute Gasteiger partial charge is 0.119 e. The number of hydrogen-bond donors (Lipinski definition) is 0. The third-order valence-corrected chi connectivity index (χ3v) is 5.72. The van der Waals surface area contributed by atoms with Gasteiger partial charge in [0, 0.05) is 11.8 Å². The molecule has 1 aliphatic rings. The molecule has 1 fully saturated rings. The van der Waals surface area contributed by atoms with Gasteiger partial charge in [-0.3, -0.25) is 4.98 Å². The molecule has 1 aromatic carbocycles. The number of aryl methyl sites for hydroxylation is 1. The first-order chi connectivity index (χ1) is 12.8. The van der Waals surface area contributed by atoms with Crippen LogP contribution < -0.4 is 4.74 Å². The van der Waals surface area contributed by atoms with E-state index in [0.717, 1.165) is 28.8 Å². The summed E-state index contributed by atoms with van der Waals surface area (Å²) in [5.41, 5.74) is 3.56. The van der Waals surface area contributed by atoms with Gasteiger partial charge in [0.25, 0.3) is 0 Å². The van der Waals surface area contributed by atoms with Crippen LogP contribution in [0.4, 0.5) is 0 Å². The van der Waals surface area contributed by atoms with E-state index in [9.17, 15) is 0 Å². The maximum atomic E-state index is 5.51. The van der Waals surface area contributed by atoms with Gasteiger partial charge in [-0.1, -0.05) is 45.1 Å². The lowest BCUT2D eigenvalue weighted by Gasteiger charge is -2.29. The molecular formula is C24H33NO. The molecule has 1 aliphatic carbocycles. The largest absolute Gasteiger partial charge is 0.494 e. The highest BCUT2D eigenvalue weighted by Gasteiger charge is 2.21. The molecule has 1 aromatic heterocycles. The average molecular weight is 352 g/mol. The molecule has 1 saturated carbocycles. The van der Waals surface area contributed by atoms with Crippen LogP contribution in [-0.2, 0) is 6.42 Å². The minimum atomic E-state index is 0.701. The topological polar surface area (TPSA) is 22.1 Å². The normalized spacial score (nSPS) is 20.1. The van der Waals surface area contributed by atoms with E-state index in [4.69, 9.17) is 9.72 Å². The number of pyridine rings is 1. The molecule has 2 nitrogen and oxygen atoms in total. The van der Waals surface area contributed by atoms with E-state index in [2.05, 4.69) is 37.4 Å². The number of aromatic nitrogens is 1. The van der Waals surface area contributed by atoms with Gasteiger partial charge in [-0.2, -0.15) is 0 Å². The van der Waals surface area contributed by atoms with Crippen molar-refractivity contribution >= 4 is 0 Å². The molecule has 2 atom stereocenters. The SMILES string of the molecule is CCCC1CCCC(CCc2ccc(-c3ccc(OCC)cc3)nc2)C1. The number of hydrogen-bond acceptors (Lipinski definition) is 2. The predicted octanol–water partition coefficient (Wildman–Crippen LogP) is 6.69. The van der Waals surface area contributed by atoms with Crippen molar-refractivity contribution in [1.29, 1.82) is 0 Å². The molecule has 0 spiro atoms. The molecule has 26 heavy (non-hydrogen) atoms. The highest BCUT2D eigenvalue weighted by atomic mass is 16.5. The van der Waals surface area contributed by atoms with Crippen LogP contribution in [0.1, 0.15) is 64.4 Å². The monoisotopic (exact) mass is 351 g/mol. The van der Waals surface area contributed by atoms with Crippen molar-refractivity contribution in [2.75, 3.05) is 6.61 Å². The van der Waals surface area contributed by atoms with E-state index in [-0.39, 0.29) is 0 Å². The number of ether oxygens (including phenoxy) is 1. The summed E-state index contributed by atoms with van der Waals surface area (Å²) in [7, 11) is 0. The molecule has 2 aromatic rings. The fourth-order valence-corrected chi connectivity index (χ4v) is 4.34. The zero-order valence-corrected chi connectivity index (χ0v) is 16.4. The van der Waals surface area contributed by atoms with Crippen molar-refractivity contribution < 1.29 is 4.74 Å². The van der Waals surface area contributed by atoms with E-state index in [1.165, 1.54) is 56.9 Å². The Bertz CT molecular complexity index is 645. The molecule has 2 heteroatoms. The summed E-state index contributed by atoms with van der Waals surface area (Å²) >= 11 is 0. The van der Waals surface area contributed by atoms with Crippen molar-refractivity contribution in [1.82, 2.24) is 4.98 Å². The minimum Gasteiger partial charge on any atom is -0.494 e. The maximum absolute atomic E-state index is 5.51. The second-order valence-electron chi connectivity index (χ2n) is 7.74. The number of nitrogens with zero attached hydrogens (tertiary/aromatic N) is 1. The van der Waals surface area contributed by atoms with Gasteiger partial charge >= 0.3 is 0 Å². The Hall–Kier alpha value is -1.83. The number of rotatable bonds is 8. The van der Waals surface area contributed by atoms with E-state index >= 15 is 0 Å². The fraction of sp³-hybridized carbons (Fsp3) is 0.542. The van der Waals surface area contributed by atoms with Crippen molar-refractivity contribution in [3.63, 3.8) is 0 Å². The molecular weight excluding hydrogens is 318 g/mol. The zero-order chi connectivity index (χ0) is 18.2. The summed E-state index contributed by atoms with van der Waals surface area (Å²) < 4.78 is 5.51. The molecule has 0 amide bonds. The first-order valence-electron chi connectivity index (χ1n) is 10.5. The van der Waals surface area contributed by atoms with Crippen LogP contribution >= 0.6 is 0 Å². The van der Waals surface area contributed by atoms with E-state index in [1.807, 2.05) is 19.1 Å². The highest BCUT2D eigenvalue weighted by Crippen LogP contribution is 2.34. The lowest BCUT2D eigenvalue weighted by atomic mass is 9.77. The highest BCUT2D eigenvalue weighted by molar-refractivity contribution is 5.60. The van der Waals surface area contributed by atoms with Gasteiger partial charge in [-0.05, 0) is 73.9 Å². The molecule has 2 unspecified atom stereocenters. The van der Waals surface area contributed by atoms with Gasteiger partial charge in [0.2, 0.25) is 0 Å². The van der Waals surface area contributed by atoms with Crippen LogP contribution in [0.5, 0.6) is 5.75 Å². The van der Waals surface area contributed by atoms with Gasteiger partial charge in [0.05, 0.1) is 12.3 Å². The van der Waals surface area contributed by atoms with Crippen LogP contribution in [-0.4, -0.2) is 11.6 Å². The van der Waals surface area contributed by atoms with Gasteiger partial charge in [-0.25, -0.2) is 0 Å². The molecule has 0 N–H and O–H groups in total. The zero-order valence-electron chi connectivity index (χ0n) is 16.4. The van der Waals surface area contributed by atoms with E-state index in [0.29, 0.717) is 6.61 Å². The summed E-state index contributed by atoms with van der Waals surface area (Å²) in [6.45, 7) is 5.03. The van der Waals surface area contributed by atoms with Crippen LogP contribution in [0.3, 0.4) is 0 Å². The summed E-state index contributed by atoms with van der Waals surface area (Å²) in [6, 6.07) is 12.6. The molecule has 140 valence electrons. The van der Waals surface area contributed by atoms with Crippen LogP contribution in [0.15, 0.2) is 42.6 Å². The third-order valence-electron chi connectivity index (χ3n) is 5.72. The summed E-state index contributed by atoms with van der Waals surface area (Å²) in [6.07, 6.45) is 13.1. The third kappa shape index (κ3) is 5.33.